The third-order valence-electron chi connectivity index (χ3n) is 4.24. The first-order valence-electron chi connectivity index (χ1n) is 7.96. The van der Waals surface area contributed by atoms with E-state index in [0.717, 1.165) is 23.4 Å². The summed E-state index contributed by atoms with van der Waals surface area (Å²) in [7, 11) is 0. The SMILES string of the molecule is Cc1cc(Cl)ccc1N1CCN(C(=O)Nc2ccc(F)c(F)c2)CC1. The number of aryl methyl sites for hydroxylation is 1. The van der Waals surface area contributed by atoms with Gasteiger partial charge in [0.1, 0.15) is 0 Å². The smallest absolute Gasteiger partial charge is 0.321 e. The van der Waals surface area contributed by atoms with Crippen molar-refractivity contribution in [1.82, 2.24) is 4.90 Å². The predicted octanol–water partition coefficient (Wildman–Crippen LogP) is 4.28. The minimum Gasteiger partial charge on any atom is -0.368 e. The van der Waals surface area contributed by atoms with E-state index in [0.29, 0.717) is 31.2 Å². The Morgan fingerprint density at radius 3 is 2.40 bits per heavy atom. The van der Waals surface area contributed by atoms with Crippen molar-refractivity contribution in [3.8, 4) is 0 Å². The van der Waals surface area contributed by atoms with Crippen LogP contribution >= 0.6 is 11.6 Å². The summed E-state index contributed by atoms with van der Waals surface area (Å²) in [6.07, 6.45) is 0. The van der Waals surface area contributed by atoms with Crippen molar-refractivity contribution in [2.45, 2.75) is 6.92 Å². The second-order valence-corrected chi connectivity index (χ2v) is 6.40. The lowest BCUT2D eigenvalue weighted by Crippen LogP contribution is -2.50. The fourth-order valence-electron chi connectivity index (χ4n) is 2.90. The maximum atomic E-state index is 13.2. The van der Waals surface area contributed by atoms with Crippen molar-refractivity contribution in [3.63, 3.8) is 0 Å². The Morgan fingerprint density at radius 1 is 1.04 bits per heavy atom. The molecule has 25 heavy (non-hydrogen) atoms. The highest BCUT2D eigenvalue weighted by molar-refractivity contribution is 6.30. The predicted molar refractivity (Wildman–Crippen MR) is 95.4 cm³/mol. The summed E-state index contributed by atoms with van der Waals surface area (Å²) in [6, 6.07) is 8.73. The molecule has 2 amide bonds. The first kappa shape index (κ1) is 17.5. The Labute approximate surface area is 150 Å². The zero-order chi connectivity index (χ0) is 18.0. The lowest BCUT2D eigenvalue weighted by Gasteiger charge is -2.36. The fourth-order valence-corrected chi connectivity index (χ4v) is 3.13. The highest BCUT2D eigenvalue weighted by atomic mass is 35.5. The number of anilines is 2. The maximum absolute atomic E-state index is 13.2. The van der Waals surface area contributed by atoms with E-state index in [1.54, 1.807) is 4.90 Å². The van der Waals surface area contributed by atoms with Crippen molar-refractivity contribution < 1.29 is 13.6 Å². The normalized spacial score (nSPS) is 14.6. The van der Waals surface area contributed by atoms with Gasteiger partial charge in [0.05, 0.1) is 0 Å². The molecule has 2 aromatic carbocycles. The van der Waals surface area contributed by atoms with Gasteiger partial charge in [-0.15, -0.1) is 0 Å². The highest BCUT2D eigenvalue weighted by Crippen LogP contribution is 2.24. The first-order chi connectivity index (χ1) is 11.9. The Morgan fingerprint density at radius 2 is 1.76 bits per heavy atom. The van der Waals surface area contributed by atoms with E-state index < -0.39 is 11.6 Å². The molecular weight excluding hydrogens is 348 g/mol. The van der Waals surface area contributed by atoms with Crippen molar-refractivity contribution in [2.75, 3.05) is 36.4 Å². The second kappa shape index (κ2) is 7.27. The molecule has 7 heteroatoms. The molecule has 0 bridgehead atoms. The van der Waals surface area contributed by atoms with Gasteiger partial charge in [0.15, 0.2) is 11.6 Å². The third kappa shape index (κ3) is 4.02. The second-order valence-electron chi connectivity index (χ2n) is 5.96. The van der Waals surface area contributed by atoms with Crippen LogP contribution in [0.3, 0.4) is 0 Å². The summed E-state index contributed by atoms with van der Waals surface area (Å²) in [5.74, 6) is -1.93. The van der Waals surface area contributed by atoms with Gasteiger partial charge < -0.3 is 15.1 Å². The lowest BCUT2D eigenvalue weighted by molar-refractivity contribution is 0.208. The van der Waals surface area contributed by atoms with Crippen LogP contribution in [0.5, 0.6) is 0 Å². The van der Waals surface area contributed by atoms with Gasteiger partial charge in [0.2, 0.25) is 0 Å². The largest absolute Gasteiger partial charge is 0.368 e. The number of piperazine rings is 1. The van der Waals surface area contributed by atoms with Gasteiger partial charge in [0, 0.05) is 48.6 Å². The molecule has 0 aliphatic carbocycles. The molecule has 0 atom stereocenters. The van der Waals surface area contributed by atoms with Crippen LogP contribution in [0.2, 0.25) is 5.02 Å². The van der Waals surface area contributed by atoms with Crippen LogP contribution in [-0.2, 0) is 0 Å². The summed E-state index contributed by atoms with van der Waals surface area (Å²) in [5, 5.41) is 3.30. The molecule has 0 aromatic heterocycles. The van der Waals surface area contributed by atoms with Crippen LogP contribution in [0.15, 0.2) is 36.4 Å². The Balaban J connectivity index is 1.59. The number of benzene rings is 2. The quantitative estimate of drug-likeness (QED) is 0.862. The highest BCUT2D eigenvalue weighted by Gasteiger charge is 2.22. The number of urea groups is 1. The van der Waals surface area contributed by atoms with Crippen molar-refractivity contribution >= 4 is 29.0 Å². The Kier molecular flexibility index (Phi) is 5.08. The van der Waals surface area contributed by atoms with Crippen LogP contribution in [0.1, 0.15) is 5.56 Å². The van der Waals surface area contributed by atoms with E-state index in [9.17, 15) is 13.6 Å². The summed E-state index contributed by atoms with van der Waals surface area (Å²) in [6.45, 7) is 4.46. The minimum absolute atomic E-state index is 0.236. The average Bonchev–Trinajstić information content (AvgIpc) is 2.58. The van der Waals surface area contributed by atoms with Crippen LogP contribution < -0.4 is 10.2 Å². The van der Waals surface area contributed by atoms with Gasteiger partial charge in [-0.25, -0.2) is 13.6 Å². The van der Waals surface area contributed by atoms with E-state index in [1.165, 1.54) is 6.07 Å². The number of nitrogens with zero attached hydrogens (tertiary/aromatic N) is 2. The molecule has 1 aliphatic heterocycles. The number of carbonyl (C=O) groups excluding carboxylic acids is 1. The van der Waals surface area contributed by atoms with E-state index in [2.05, 4.69) is 10.2 Å². The minimum atomic E-state index is -0.985. The van der Waals surface area contributed by atoms with E-state index >= 15 is 0 Å². The maximum Gasteiger partial charge on any atom is 0.321 e. The molecule has 1 N–H and O–H groups in total. The number of carbonyl (C=O) groups is 1. The van der Waals surface area contributed by atoms with Gasteiger partial charge >= 0.3 is 6.03 Å². The topological polar surface area (TPSA) is 35.6 Å². The number of amides is 2. The molecule has 2 aromatic rings. The molecule has 0 spiro atoms. The number of nitrogens with one attached hydrogen (secondary N) is 1. The van der Waals surface area contributed by atoms with E-state index in [-0.39, 0.29) is 11.7 Å². The van der Waals surface area contributed by atoms with Crippen LogP contribution in [0.4, 0.5) is 25.0 Å². The molecule has 1 saturated heterocycles. The van der Waals surface area contributed by atoms with E-state index in [1.807, 2.05) is 25.1 Å². The fraction of sp³-hybridized carbons (Fsp3) is 0.278. The Hall–Kier alpha value is -2.34. The van der Waals surface area contributed by atoms with Crippen molar-refractivity contribution in [3.05, 3.63) is 58.6 Å². The summed E-state index contributed by atoms with van der Waals surface area (Å²) >= 11 is 5.99. The summed E-state index contributed by atoms with van der Waals surface area (Å²) in [5.41, 5.74) is 2.43. The summed E-state index contributed by atoms with van der Waals surface area (Å²) in [4.78, 5) is 16.1. The molecule has 132 valence electrons. The average molecular weight is 366 g/mol. The molecule has 1 fully saturated rings. The number of rotatable bonds is 2. The molecule has 1 heterocycles. The Bertz CT molecular complexity index is 792. The number of hydrogen-bond donors (Lipinski definition) is 1. The monoisotopic (exact) mass is 365 g/mol. The van der Waals surface area contributed by atoms with Crippen molar-refractivity contribution in [1.29, 1.82) is 0 Å². The standard InChI is InChI=1S/C18H18ClF2N3O/c1-12-10-13(19)2-5-17(12)23-6-8-24(9-7-23)18(25)22-14-3-4-15(20)16(21)11-14/h2-5,10-11H,6-9H2,1H3,(H,22,25). The van der Waals surface area contributed by atoms with Crippen LogP contribution in [0, 0.1) is 18.6 Å². The third-order valence-corrected chi connectivity index (χ3v) is 4.47. The molecular formula is C18H18ClF2N3O. The zero-order valence-electron chi connectivity index (χ0n) is 13.7. The molecule has 4 nitrogen and oxygen atoms in total. The van der Waals surface area contributed by atoms with Crippen LogP contribution in [-0.4, -0.2) is 37.1 Å². The van der Waals surface area contributed by atoms with Gasteiger partial charge in [-0.05, 0) is 42.8 Å². The molecule has 0 radical (unpaired) electrons. The van der Waals surface area contributed by atoms with Gasteiger partial charge in [-0.3, -0.25) is 0 Å². The number of hydrogen-bond acceptors (Lipinski definition) is 2. The molecule has 3 rings (SSSR count). The number of halogens is 3. The first-order valence-corrected chi connectivity index (χ1v) is 8.34. The van der Waals surface area contributed by atoms with Gasteiger partial charge in [0.25, 0.3) is 0 Å². The lowest BCUT2D eigenvalue weighted by atomic mass is 10.1. The van der Waals surface area contributed by atoms with Crippen molar-refractivity contribution in [2.24, 2.45) is 0 Å². The van der Waals surface area contributed by atoms with E-state index in [4.69, 9.17) is 11.6 Å². The molecule has 0 unspecified atom stereocenters. The zero-order valence-corrected chi connectivity index (χ0v) is 14.5. The van der Waals surface area contributed by atoms with Gasteiger partial charge in [-0.2, -0.15) is 0 Å². The molecule has 1 aliphatic rings. The van der Waals surface area contributed by atoms with Gasteiger partial charge in [-0.1, -0.05) is 11.6 Å². The summed E-state index contributed by atoms with van der Waals surface area (Å²) < 4.78 is 26.2. The molecule has 0 saturated carbocycles. The van der Waals surface area contributed by atoms with Crippen LogP contribution in [0.25, 0.3) is 0 Å².